The fourth-order valence-corrected chi connectivity index (χ4v) is 23.3. The third-order valence-corrected chi connectivity index (χ3v) is 32.3. The molecule has 0 aromatic heterocycles. The van der Waals surface area contributed by atoms with Gasteiger partial charge < -0.3 is 203 Å². The summed E-state index contributed by atoms with van der Waals surface area (Å²) in [7, 11) is 0. The van der Waals surface area contributed by atoms with Crippen LogP contribution in [-0.2, 0) is 99.6 Å². The molecule has 4 saturated carbocycles. The molecular formula is C90H144O44. The number of carbonyl (C=O) groups excluding carboxylic acids is 3. The first kappa shape index (κ1) is 107. The number of aliphatic hydroxyl groups excluding tert-OH is 23. The van der Waals surface area contributed by atoms with Gasteiger partial charge in [-0.15, -0.1) is 6.58 Å². The minimum Gasteiger partial charge on any atom is -0.458 e. The van der Waals surface area contributed by atoms with Gasteiger partial charge in [-0.05, 0) is 126 Å². The Bertz CT molecular complexity index is 4040. The van der Waals surface area contributed by atoms with E-state index in [2.05, 4.69) is 13.5 Å². The van der Waals surface area contributed by atoms with Crippen LogP contribution in [0.15, 0.2) is 36.0 Å². The molecule has 0 spiro atoms. The van der Waals surface area contributed by atoms with E-state index < -0.39 is 365 Å². The van der Waals surface area contributed by atoms with Crippen molar-refractivity contribution in [2.45, 2.75) is 418 Å². The molecule has 8 saturated heterocycles. The van der Waals surface area contributed by atoms with Crippen LogP contribution in [0.5, 0.6) is 0 Å². The Balaban J connectivity index is 0.808. The Hall–Kier alpha value is -3.89. The second-order valence-electron chi connectivity index (χ2n) is 41.4. The molecule has 8 aliphatic heterocycles. The molecule has 23 N–H and O–H groups in total. The van der Waals surface area contributed by atoms with Crippen LogP contribution in [0.2, 0.25) is 0 Å². The number of fused-ring (bicyclic) bond motifs is 7. The maximum Gasteiger partial charge on any atom is 0.333 e. The molecule has 0 bridgehead atoms. The molecule has 12 fully saturated rings. The lowest BCUT2D eigenvalue weighted by atomic mass is 9.33. The average molecular weight is 1930 g/mol. The first-order valence-electron chi connectivity index (χ1n) is 46.6. The molecule has 134 heavy (non-hydrogen) atoms. The third kappa shape index (κ3) is 20.1. The van der Waals surface area contributed by atoms with Crippen LogP contribution in [-0.4, -0.2) is 426 Å². The number of rotatable bonds is 28. The van der Waals surface area contributed by atoms with Crippen LogP contribution in [0.1, 0.15) is 161 Å². The summed E-state index contributed by atoms with van der Waals surface area (Å²) in [6.45, 7) is 22.8. The van der Waals surface area contributed by atoms with E-state index in [9.17, 15) is 122 Å². The lowest BCUT2D eigenvalue weighted by Gasteiger charge is -2.72. The van der Waals surface area contributed by atoms with E-state index in [-0.39, 0.29) is 56.4 Å². The van der Waals surface area contributed by atoms with Gasteiger partial charge in [0.05, 0.1) is 87.3 Å². The fourth-order valence-electron chi connectivity index (χ4n) is 23.3. The summed E-state index contributed by atoms with van der Waals surface area (Å²) < 4.78 is 109. The van der Waals surface area contributed by atoms with Crippen molar-refractivity contribution in [3.8, 4) is 0 Å². The monoisotopic (exact) mass is 1930 g/mol. The van der Waals surface area contributed by atoms with Gasteiger partial charge in [-0.2, -0.15) is 0 Å². The summed E-state index contributed by atoms with van der Waals surface area (Å²) in [6.07, 6.45) is -65.3. The zero-order chi connectivity index (χ0) is 98.5. The number of carbonyl (C=O) groups is 3. The van der Waals surface area contributed by atoms with Gasteiger partial charge in [0, 0.05) is 29.2 Å². The molecule has 0 radical (unpaired) electrons. The van der Waals surface area contributed by atoms with Crippen molar-refractivity contribution in [1.82, 2.24) is 0 Å². The van der Waals surface area contributed by atoms with Gasteiger partial charge in [0.2, 0.25) is 12.6 Å². The van der Waals surface area contributed by atoms with Gasteiger partial charge in [0.15, 0.2) is 50.1 Å². The first-order valence-corrected chi connectivity index (χ1v) is 46.6. The Morgan fingerprint density at radius 1 is 0.545 bits per heavy atom. The van der Waals surface area contributed by atoms with Crippen LogP contribution < -0.4 is 0 Å². The number of esters is 3. The maximum absolute atomic E-state index is 16.9. The maximum atomic E-state index is 16.9. The van der Waals surface area contributed by atoms with Gasteiger partial charge >= 0.3 is 17.9 Å². The van der Waals surface area contributed by atoms with Crippen molar-refractivity contribution in [1.29, 1.82) is 0 Å². The quantitative estimate of drug-likeness (QED) is 0.0114. The van der Waals surface area contributed by atoms with Crippen molar-refractivity contribution < 1.29 is 217 Å². The van der Waals surface area contributed by atoms with E-state index in [1.165, 1.54) is 39.8 Å². The van der Waals surface area contributed by atoms with Gasteiger partial charge in [-0.1, -0.05) is 79.2 Å². The minimum atomic E-state index is -2.31. The molecule has 51 atom stereocenters. The standard InChI is InChI=1S/C90H144O44/c1-15-34(3)73(114)127-51-24-44(123-80-66(111)60(105)55(100)45(29-91)124-80)57(102)81(128-51)134-85(10,16-2)22-17-18-35(4)74(115)126-50-28-90(40(25-84(50,8)9)39-19-20-48-86(11)26-41(93)72(132-79-65(110)59(104)53(98)37(6)121-79)87(12,33-92)47(86)21-23-88(48,13)89(39,14)27-49(90)96)83(116)133-82-71(61(106)56(101)46(125-82)32-119-75-64(109)58(103)52(97)36(5)120-75)131-78-67(112)62(107)69(38(7)122-78)129-77-68(113)70(43(95)31-118-77)130-76-63(108)54(99)42(94)30-117-76/h16,18-19,34,36-38,40-72,75-82,91-113H,2,15,17,20-33H2,1,3-14H3/b35-18+/t34-,36+,37+,38+,40+,41+,42+,43+,44-,45+,46+,47-,48+,49+,50-,51-,52+,53+,54-,55+,56+,57+,58-,59-,60-,61-,62+,63+,64+,65+,66+,67+,68+,69+,70-,71+,72-,75+,76-,77-,78-,79-,80+,81-,82-,85+,86-,87-,88-,89-,90-/m1/s1. The second-order valence-corrected chi connectivity index (χ2v) is 41.4. The smallest absolute Gasteiger partial charge is 0.333 e. The number of aliphatic hydroxyl groups is 23. The van der Waals surface area contributed by atoms with Crippen molar-refractivity contribution in [3.05, 3.63) is 36.0 Å². The van der Waals surface area contributed by atoms with Crippen molar-refractivity contribution >= 4 is 17.9 Å². The lowest BCUT2D eigenvalue weighted by molar-refractivity contribution is -0.381. The van der Waals surface area contributed by atoms with Crippen LogP contribution in [0.4, 0.5) is 0 Å². The van der Waals surface area contributed by atoms with Crippen molar-refractivity contribution in [3.63, 3.8) is 0 Å². The summed E-state index contributed by atoms with van der Waals surface area (Å²) in [6, 6.07) is 0. The molecule has 44 heteroatoms. The average Bonchev–Trinajstić information content (AvgIpc) is 0.665. The van der Waals surface area contributed by atoms with E-state index >= 15 is 9.59 Å². The molecule has 13 aliphatic rings. The second kappa shape index (κ2) is 41.8. The third-order valence-electron chi connectivity index (χ3n) is 32.3. The molecule has 8 heterocycles. The Kier molecular flexibility index (Phi) is 33.5. The zero-order valence-corrected chi connectivity index (χ0v) is 77.6. The van der Waals surface area contributed by atoms with Gasteiger partial charge in [0.25, 0.3) is 0 Å². The highest BCUT2D eigenvalue weighted by atomic mass is 16.8. The topological polar surface area (TPSA) is 683 Å². The molecule has 44 nitrogen and oxygen atoms in total. The molecule has 0 aromatic carbocycles. The first-order chi connectivity index (χ1) is 62.7. The van der Waals surface area contributed by atoms with Crippen molar-refractivity contribution in [2.75, 3.05) is 33.0 Å². The van der Waals surface area contributed by atoms with Crippen LogP contribution in [0.3, 0.4) is 0 Å². The summed E-state index contributed by atoms with van der Waals surface area (Å²) in [5, 5.41) is 260. The van der Waals surface area contributed by atoms with E-state index in [1.54, 1.807) is 27.7 Å². The molecule has 0 amide bonds. The summed E-state index contributed by atoms with van der Waals surface area (Å²) >= 11 is 0. The van der Waals surface area contributed by atoms with E-state index in [0.29, 0.717) is 24.8 Å². The Labute approximate surface area is 775 Å². The van der Waals surface area contributed by atoms with E-state index in [1.807, 2.05) is 33.8 Å². The number of ether oxygens (including phenoxy) is 18. The highest BCUT2D eigenvalue weighted by Crippen LogP contribution is 2.76. The van der Waals surface area contributed by atoms with Gasteiger partial charge in [-0.3, -0.25) is 9.59 Å². The largest absolute Gasteiger partial charge is 0.458 e. The molecular weight excluding hydrogens is 1780 g/mol. The van der Waals surface area contributed by atoms with Crippen LogP contribution in [0.25, 0.3) is 0 Å². The fraction of sp³-hybridized carbons (Fsp3) is 0.900. The Morgan fingerprint density at radius 3 is 1.73 bits per heavy atom. The predicted octanol–water partition coefficient (Wildman–Crippen LogP) is -5.69. The summed E-state index contributed by atoms with van der Waals surface area (Å²) in [4.78, 5) is 45.4. The predicted molar refractivity (Wildman–Crippen MR) is 447 cm³/mol. The van der Waals surface area contributed by atoms with Gasteiger partial charge in [-0.25, -0.2) is 4.79 Å². The highest BCUT2D eigenvalue weighted by molar-refractivity contribution is 5.88. The summed E-state index contributed by atoms with van der Waals surface area (Å²) in [5.41, 5.74) is -8.24. The molecule has 13 rings (SSSR count). The molecule has 768 valence electrons. The zero-order valence-electron chi connectivity index (χ0n) is 77.6. The van der Waals surface area contributed by atoms with E-state index in [4.69, 9.17) is 85.3 Å². The Morgan fingerprint density at radius 2 is 1.10 bits per heavy atom. The minimum absolute atomic E-state index is 0.000945. The lowest BCUT2D eigenvalue weighted by Crippen LogP contribution is -2.71. The molecule has 0 aromatic rings. The SMILES string of the molecule is C=C[C@@](C)(CC/C=C(\C)C(=O)O[C@@H]1C[C@]2(C(=O)O[C@H]3O[C@@H](CO[C@H]4O[C@@H](C)[C@H](O)[C@@H](O)[C@@H]4O)[C@H](O)[C@@H](O)[C@@H]3O[C@H]3O[C@@H](C)[C@H](O[C@H]4OC[C@H](O)[C@@H](O[C@H]5OC[C@H](O)[C@@H](O)[C@@H]5O)[C@@H]4O)[C@@H](O)[C@@H]3O)[C@@H](O)C[C@]3(C)C(=CC[C@H]4[C@]5(C)C[C@H](O)[C@@H](O[C@H]6O[C@@H](C)[C@H](O)[C@@H](O)[C@@H]6O)[C@](C)(CO)[C@@H]5CC[C@]43C)[C@@H]2CC1(C)C)O[C@H]1O[C@@H](OC(=O)[C@H](C)CC)C[C@@H](O[C@H]2O[C@@H](CO)[C@H](O)[C@@H](O)[C@@H]2O)[C@@H]1O. The van der Waals surface area contributed by atoms with Crippen molar-refractivity contribution in [2.24, 2.45) is 56.2 Å². The van der Waals surface area contributed by atoms with Crippen LogP contribution >= 0.6 is 0 Å². The number of hydrogen-bond donors (Lipinski definition) is 23. The van der Waals surface area contributed by atoms with E-state index in [0.717, 1.165) is 0 Å². The summed E-state index contributed by atoms with van der Waals surface area (Å²) in [5.74, 6) is -5.35. The highest BCUT2D eigenvalue weighted by Gasteiger charge is 2.75. The number of allylic oxidation sites excluding steroid dienone is 3. The molecule has 5 aliphatic carbocycles. The number of hydrogen-bond acceptors (Lipinski definition) is 44. The van der Waals surface area contributed by atoms with Crippen LogP contribution in [0, 0.1) is 56.2 Å². The normalized spacial score (nSPS) is 51.1. The van der Waals surface area contributed by atoms with Gasteiger partial charge in [0.1, 0.15) is 152 Å². The molecule has 0 unspecified atom stereocenters.